The summed E-state index contributed by atoms with van der Waals surface area (Å²) >= 11 is 0. The number of hydrogen-bond donors (Lipinski definition) is 1. The van der Waals surface area contributed by atoms with Gasteiger partial charge in [0.2, 0.25) is 15.9 Å². The maximum atomic E-state index is 12.6. The Hall–Kier alpha value is -1.15. The molecule has 0 aromatic heterocycles. The van der Waals surface area contributed by atoms with Crippen LogP contribution in [0.4, 0.5) is 0 Å². The molecule has 1 aliphatic rings. The summed E-state index contributed by atoms with van der Waals surface area (Å²) in [5, 5.41) is 0. The molecule has 7 nitrogen and oxygen atoms in total. The number of carbonyl (C=O) groups is 2. The zero-order chi connectivity index (χ0) is 16.2. The molecular weight excluding hydrogens is 296 g/mol. The average Bonchev–Trinajstić information content (AvgIpc) is 2.82. The van der Waals surface area contributed by atoms with Crippen molar-refractivity contribution in [3.63, 3.8) is 0 Å². The first kappa shape index (κ1) is 17.9. The average molecular weight is 320 g/mol. The van der Waals surface area contributed by atoms with Crippen LogP contribution in [-0.2, 0) is 24.3 Å². The Balaban J connectivity index is 2.90. The molecule has 2 atom stereocenters. The molecule has 0 bridgehead atoms. The molecule has 0 spiro atoms. The van der Waals surface area contributed by atoms with Gasteiger partial charge in [-0.25, -0.2) is 17.9 Å². The van der Waals surface area contributed by atoms with Gasteiger partial charge in [0.15, 0.2) is 0 Å². The first-order valence-corrected chi connectivity index (χ1v) is 8.90. The Labute approximate surface area is 126 Å². The summed E-state index contributed by atoms with van der Waals surface area (Å²) in [5.41, 5.74) is 0. The summed E-state index contributed by atoms with van der Waals surface area (Å²) in [7, 11) is -2.22. The van der Waals surface area contributed by atoms with Gasteiger partial charge in [-0.1, -0.05) is 13.8 Å². The summed E-state index contributed by atoms with van der Waals surface area (Å²) < 4.78 is 30.0. The maximum absolute atomic E-state index is 12.6. The van der Waals surface area contributed by atoms with E-state index in [9.17, 15) is 18.0 Å². The summed E-state index contributed by atoms with van der Waals surface area (Å²) in [5.74, 6) is -0.669. The van der Waals surface area contributed by atoms with Crippen molar-refractivity contribution in [1.29, 1.82) is 0 Å². The first-order chi connectivity index (χ1) is 9.65. The van der Waals surface area contributed by atoms with Crippen molar-refractivity contribution in [3.05, 3.63) is 0 Å². The fourth-order valence-corrected chi connectivity index (χ4v) is 3.25. The van der Waals surface area contributed by atoms with Crippen LogP contribution in [0.5, 0.6) is 0 Å². The van der Waals surface area contributed by atoms with Crippen LogP contribution in [0.1, 0.15) is 33.1 Å². The van der Waals surface area contributed by atoms with Crippen molar-refractivity contribution < 1.29 is 22.7 Å². The van der Waals surface area contributed by atoms with E-state index in [1.807, 2.05) is 13.8 Å². The van der Waals surface area contributed by atoms with Gasteiger partial charge < -0.3 is 9.64 Å². The number of ether oxygens (including phenoxy) is 1. The van der Waals surface area contributed by atoms with Gasteiger partial charge in [0, 0.05) is 6.54 Å². The predicted octanol–water partition coefficient (Wildman–Crippen LogP) is 0.114. The molecule has 1 rings (SSSR count). The lowest BCUT2D eigenvalue weighted by atomic mass is 10.0. The first-order valence-electron chi connectivity index (χ1n) is 7.01. The highest BCUT2D eigenvalue weighted by molar-refractivity contribution is 7.88. The minimum Gasteiger partial charge on any atom is -0.467 e. The van der Waals surface area contributed by atoms with Crippen molar-refractivity contribution in [2.45, 2.75) is 45.2 Å². The Bertz CT molecular complexity index is 489. The second-order valence-corrected chi connectivity index (χ2v) is 7.57. The normalized spacial score (nSPS) is 20.6. The molecule has 0 aromatic carbocycles. The third-order valence-electron chi connectivity index (χ3n) is 3.37. The van der Waals surface area contributed by atoms with Gasteiger partial charge in [-0.2, -0.15) is 0 Å². The topological polar surface area (TPSA) is 92.8 Å². The number of rotatable bonds is 6. The SMILES string of the molecule is COC(=O)C1CCCN1C(=O)C(CC(C)C)NS(C)(=O)=O. The molecular formula is C13H24N2O5S. The van der Waals surface area contributed by atoms with Gasteiger partial charge in [-0.15, -0.1) is 0 Å². The highest BCUT2D eigenvalue weighted by Crippen LogP contribution is 2.21. The minimum absolute atomic E-state index is 0.146. The number of amides is 1. The fourth-order valence-electron chi connectivity index (χ4n) is 2.54. The number of methoxy groups -OCH3 is 1. The van der Waals surface area contributed by atoms with E-state index in [-0.39, 0.29) is 11.8 Å². The maximum Gasteiger partial charge on any atom is 0.328 e. The van der Waals surface area contributed by atoms with Gasteiger partial charge in [0.05, 0.1) is 13.4 Å². The molecule has 122 valence electrons. The summed E-state index contributed by atoms with van der Waals surface area (Å²) in [6.45, 7) is 4.26. The van der Waals surface area contributed by atoms with E-state index in [1.54, 1.807) is 0 Å². The smallest absolute Gasteiger partial charge is 0.328 e. The van der Waals surface area contributed by atoms with Crippen molar-refractivity contribution in [1.82, 2.24) is 9.62 Å². The number of sulfonamides is 1. The molecule has 1 heterocycles. The molecule has 0 saturated carbocycles. The fraction of sp³-hybridized carbons (Fsp3) is 0.846. The van der Waals surface area contributed by atoms with E-state index >= 15 is 0 Å². The summed E-state index contributed by atoms with van der Waals surface area (Å²) in [6, 6.07) is -1.45. The Morgan fingerprint density at radius 1 is 1.38 bits per heavy atom. The van der Waals surface area contributed by atoms with Gasteiger partial charge in [-0.05, 0) is 25.2 Å². The van der Waals surface area contributed by atoms with E-state index in [1.165, 1.54) is 12.0 Å². The van der Waals surface area contributed by atoms with Crippen molar-refractivity contribution in [3.8, 4) is 0 Å². The molecule has 0 aliphatic carbocycles. The molecule has 8 heteroatoms. The van der Waals surface area contributed by atoms with E-state index < -0.39 is 28.1 Å². The third kappa shape index (κ3) is 5.28. The Morgan fingerprint density at radius 3 is 2.48 bits per heavy atom. The molecule has 21 heavy (non-hydrogen) atoms. The lowest BCUT2D eigenvalue weighted by molar-refractivity contribution is -0.151. The van der Waals surface area contributed by atoms with Crippen molar-refractivity contribution >= 4 is 21.9 Å². The number of likely N-dealkylation sites (tertiary alicyclic amines) is 1. The predicted molar refractivity (Wildman–Crippen MR) is 78.0 cm³/mol. The molecule has 1 saturated heterocycles. The van der Waals surface area contributed by atoms with Gasteiger partial charge in [-0.3, -0.25) is 4.79 Å². The van der Waals surface area contributed by atoms with E-state index in [4.69, 9.17) is 4.74 Å². The summed E-state index contributed by atoms with van der Waals surface area (Å²) in [4.78, 5) is 25.7. The van der Waals surface area contributed by atoms with E-state index in [2.05, 4.69) is 4.72 Å². The molecule has 2 unspecified atom stereocenters. The molecule has 1 amide bonds. The van der Waals surface area contributed by atoms with Crippen molar-refractivity contribution in [2.24, 2.45) is 5.92 Å². The minimum atomic E-state index is -3.50. The van der Waals surface area contributed by atoms with Crippen LogP contribution in [0.25, 0.3) is 0 Å². The molecule has 1 aliphatic heterocycles. The standard InChI is InChI=1S/C13H24N2O5S/c1-9(2)8-10(14-21(4,18)19)12(16)15-7-5-6-11(15)13(17)20-3/h9-11,14H,5-8H2,1-4H3. The molecule has 0 radical (unpaired) electrons. The van der Waals surface area contributed by atoms with Crippen molar-refractivity contribution in [2.75, 3.05) is 19.9 Å². The third-order valence-corrected chi connectivity index (χ3v) is 4.08. The largest absolute Gasteiger partial charge is 0.467 e. The van der Waals surface area contributed by atoms with Crippen LogP contribution in [0.15, 0.2) is 0 Å². The van der Waals surface area contributed by atoms with Gasteiger partial charge >= 0.3 is 5.97 Å². The van der Waals surface area contributed by atoms with Crippen LogP contribution in [0, 0.1) is 5.92 Å². The number of carbonyl (C=O) groups excluding carboxylic acids is 2. The quantitative estimate of drug-likeness (QED) is 0.701. The molecule has 1 N–H and O–H groups in total. The number of nitrogens with one attached hydrogen (secondary N) is 1. The molecule has 0 aromatic rings. The Kier molecular flexibility index (Phi) is 6.15. The lowest BCUT2D eigenvalue weighted by Crippen LogP contribution is -2.52. The van der Waals surface area contributed by atoms with Crippen LogP contribution in [0.2, 0.25) is 0 Å². The number of esters is 1. The highest BCUT2D eigenvalue weighted by atomic mass is 32.2. The second kappa shape index (κ2) is 7.22. The van der Waals surface area contributed by atoms with Gasteiger partial charge in [0.25, 0.3) is 0 Å². The summed E-state index contributed by atoms with van der Waals surface area (Å²) in [6.07, 6.45) is 2.66. The van der Waals surface area contributed by atoms with Gasteiger partial charge in [0.1, 0.15) is 12.1 Å². The van der Waals surface area contributed by atoms with Crippen LogP contribution in [-0.4, -0.2) is 57.2 Å². The van der Waals surface area contributed by atoms with Crippen LogP contribution >= 0.6 is 0 Å². The highest BCUT2D eigenvalue weighted by Gasteiger charge is 2.38. The lowest BCUT2D eigenvalue weighted by Gasteiger charge is -2.28. The van der Waals surface area contributed by atoms with E-state index in [0.29, 0.717) is 25.8 Å². The monoisotopic (exact) mass is 320 g/mol. The zero-order valence-corrected chi connectivity index (χ0v) is 13.8. The second-order valence-electron chi connectivity index (χ2n) is 5.78. The number of hydrogen-bond acceptors (Lipinski definition) is 5. The van der Waals surface area contributed by atoms with Crippen LogP contribution < -0.4 is 4.72 Å². The number of nitrogens with zero attached hydrogens (tertiary/aromatic N) is 1. The zero-order valence-electron chi connectivity index (χ0n) is 13.0. The van der Waals surface area contributed by atoms with Crippen LogP contribution in [0.3, 0.4) is 0 Å². The Morgan fingerprint density at radius 2 is 2.00 bits per heavy atom. The molecule has 1 fully saturated rings. The van der Waals surface area contributed by atoms with E-state index in [0.717, 1.165) is 6.26 Å².